The normalized spacial score (nSPS) is 10.8. The number of amides is 1. The summed E-state index contributed by atoms with van der Waals surface area (Å²) in [5.41, 5.74) is 6.29. The Kier molecular flexibility index (Phi) is 6.10. The lowest BCUT2D eigenvalue weighted by Gasteiger charge is -2.24. The molecule has 3 rings (SSSR count). The van der Waals surface area contributed by atoms with Crippen molar-refractivity contribution in [3.05, 3.63) is 79.1 Å². The first-order chi connectivity index (χ1) is 13.5. The van der Waals surface area contributed by atoms with Gasteiger partial charge < -0.3 is 5.73 Å². The van der Waals surface area contributed by atoms with Gasteiger partial charge in [-0.3, -0.25) is 24.0 Å². The Bertz CT molecular complexity index is 1060. The minimum Gasteiger partial charge on any atom is -0.383 e. The summed E-state index contributed by atoms with van der Waals surface area (Å²) in [6.45, 7) is 2.53. The molecule has 3 N–H and O–H groups in total. The average Bonchev–Trinajstić information content (AvgIpc) is 3.22. The Morgan fingerprint density at radius 1 is 1.21 bits per heavy atom. The van der Waals surface area contributed by atoms with Gasteiger partial charge in [-0.2, -0.15) is 11.3 Å². The lowest BCUT2D eigenvalue weighted by molar-refractivity contribution is 0.0985. The van der Waals surface area contributed by atoms with Crippen molar-refractivity contribution in [3.8, 4) is 0 Å². The molecule has 2 heterocycles. The Hall–Kier alpha value is -3.13. The summed E-state index contributed by atoms with van der Waals surface area (Å²) in [5, 5.41) is 3.52. The second-order valence-corrected chi connectivity index (χ2v) is 7.17. The van der Waals surface area contributed by atoms with Crippen molar-refractivity contribution in [2.75, 3.05) is 10.6 Å². The molecule has 0 bridgehead atoms. The third-order valence-electron chi connectivity index (χ3n) is 4.42. The van der Waals surface area contributed by atoms with E-state index >= 15 is 0 Å². The Balaban J connectivity index is 2.13. The first-order valence-electron chi connectivity index (χ1n) is 9.03. The molecule has 0 radical (unpaired) electrons. The minimum atomic E-state index is -0.672. The average molecular weight is 398 g/mol. The number of carbonyl (C=O) groups excluding carboxylic acids is 1. The zero-order valence-corrected chi connectivity index (χ0v) is 16.4. The molecule has 3 aromatic rings. The summed E-state index contributed by atoms with van der Waals surface area (Å²) in [6, 6.07) is 11.0. The van der Waals surface area contributed by atoms with E-state index in [-0.39, 0.29) is 24.0 Å². The molecular weight excluding hydrogens is 376 g/mol. The van der Waals surface area contributed by atoms with Gasteiger partial charge in [0.25, 0.3) is 11.5 Å². The molecule has 1 amide bonds. The highest BCUT2D eigenvalue weighted by molar-refractivity contribution is 7.08. The van der Waals surface area contributed by atoms with E-state index in [0.29, 0.717) is 12.1 Å². The van der Waals surface area contributed by atoms with Gasteiger partial charge in [0.1, 0.15) is 5.82 Å². The number of nitrogens with one attached hydrogen (secondary N) is 1. The number of thiophene rings is 1. The maximum absolute atomic E-state index is 13.2. The predicted molar refractivity (Wildman–Crippen MR) is 112 cm³/mol. The van der Waals surface area contributed by atoms with Gasteiger partial charge in [-0.05, 0) is 23.4 Å². The molecular formula is C20H22N4O3S. The first-order valence-corrected chi connectivity index (χ1v) is 9.97. The van der Waals surface area contributed by atoms with Gasteiger partial charge in [0.15, 0.2) is 5.69 Å². The van der Waals surface area contributed by atoms with Crippen molar-refractivity contribution >= 4 is 28.7 Å². The number of nitrogens with two attached hydrogens (primary N) is 1. The highest BCUT2D eigenvalue weighted by Crippen LogP contribution is 2.23. The van der Waals surface area contributed by atoms with Crippen molar-refractivity contribution in [2.45, 2.75) is 32.9 Å². The number of hydrogen-bond donors (Lipinski definition) is 2. The van der Waals surface area contributed by atoms with Gasteiger partial charge in [0.05, 0.1) is 12.1 Å². The molecule has 0 saturated heterocycles. The number of nitrogen functional groups attached to an aromatic ring is 1. The van der Waals surface area contributed by atoms with Gasteiger partial charge in [-0.1, -0.05) is 43.7 Å². The first kappa shape index (κ1) is 19.6. The van der Waals surface area contributed by atoms with Crippen LogP contribution in [0.4, 0.5) is 11.5 Å². The van der Waals surface area contributed by atoms with Crippen LogP contribution in [0.15, 0.2) is 56.7 Å². The van der Waals surface area contributed by atoms with Gasteiger partial charge in [0.2, 0.25) is 0 Å². The molecule has 0 atom stereocenters. The Morgan fingerprint density at radius 3 is 2.61 bits per heavy atom. The smallest absolute Gasteiger partial charge is 0.330 e. The maximum atomic E-state index is 13.2. The number of benzene rings is 1. The largest absolute Gasteiger partial charge is 0.383 e. The molecule has 28 heavy (non-hydrogen) atoms. The zero-order valence-electron chi connectivity index (χ0n) is 15.6. The highest BCUT2D eigenvalue weighted by atomic mass is 32.1. The van der Waals surface area contributed by atoms with Crippen LogP contribution in [0.3, 0.4) is 0 Å². The monoisotopic (exact) mass is 398 g/mol. The molecule has 0 aliphatic carbocycles. The van der Waals surface area contributed by atoms with Crippen LogP contribution >= 0.6 is 11.3 Å². The van der Waals surface area contributed by atoms with Crippen LogP contribution in [-0.4, -0.2) is 15.5 Å². The van der Waals surface area contributed by atoms with E-state index in [1.165, 1.54) is 20.8 Å². The van der Waals surface area contributed by atoms with Crippen molar-refractivity contribution < 1.29 is 4.79 Å². The number of aromatic nitrogens is 2. The predicted octanol–water partition coefficient (Wildman–Crippen LogP) is 2.83. The second kappa shape index (κ2) is 8.71. The summed E-state index contributed by atoms with van der Waals surface area (Å²) in [5.74, 6) is -0.343. The topological polar surface area (TPSA) is 101 Å². The van der Waals surface area contributed by atoms with Gasteiger partial charge >= 0.3 is 5.69 Å². The molecule has 0 aliphatic heterocycles. The van der Waals surface area contributed by atoms with Crippen LogP contribution in [-0.2, 0) is 13.1 Å². The summed E-state index contributed by atoms with van der Waals surface area (Å²) in [6.07, 6.45) is 1.59. The summed E-state index contributed by atoms with van der Waals surface area (Å²) in [7, 11) is 0. The van der Waals surface area contributed by atoms with Crippen LogP contribution in [0.1, 0.15) is 35.7 Å². The van der Waals surface area contributed by atoms with Gasteiger partial charge in [0, 0.05) is 11.9 Å². The number of aromatic amines is 1. The number of rotatable bonds is 7. The minimum absolute atomic E-state index is 0.00158. The highest BCUT2D eigenvalue weighted by Gasteiger charge is 2.25. The van der Waals surface area contributed by atoms with E-state index in [4.69, 9.17) is 5.73 Å². The van der Waals surface area contributed by atoms with E-state index in [9.17, 15) is 14.4 Å². The van der Waals surface area contributed by atoms with Crippen LogP contribution in [0, 0.1) is 0 Å². The van der Waals surface area contributed by atoms with Gasteiger partial charge in [-0.15, -0.1) is 0 Å². The Morgan fingerprint density at radius 2 is 1.96 bits per heavy atom. The van der Waals surface area contributed by atoms with E-state index in [2.05, 4.69) is 4.98 Å². The molecule has 0 aliphatic rings. The number of H-pyrrole nitrogens is 1. The molecule has 1 aromatic carbocycles. The number of carbonyl (C=O) groups is 1. The fourth-order valence-electron chi connectivity index (χ4n) is 2.94. The molecule has 0 unspecified atom stereocenters. The number of anilines is 2. The summed E-state index contributed by atoms with van der Waals surface area (Å²) in [4.78, 5) is 41.7. The number of nitrogens with zero attached hydrogens (tertiary/aromatic N) is 2. The van der Waals surface area contributed by atoms with Crippen LogP contribution in [0.5, 0.6) is 0 Å². The molecule has 0 fully saturated rings. The standard InChI is InChI=1S/C20H22N4O3S/c1-2-3-10-23-17(21)16(18(25)22-20(23)27)24(12-14-7-5-4-6-8-14)19(26)15-9-11-28-13-15/h4-9,11,13H,2-3,10,12,21H2,1H3,(H,22,25,27). The van der Waals surface area contributed by atoms with Crippen molar-refractivity contribution in [2.24, 2.45) is 0 Å². The molecule has 2 aromatic heterocycles. The molecule has 0 saturated carbocycles. The van der Waals surface area contributed by atoms with Crippen molar-refractivity contribution in [3.63, 3.8) is 0 Å². The fourth-order valence-corrected chi connectivity index (χ4v) is 3.57. The third kappa shape index (κ3) is 4.07. The maximum Gasteiger partial charge on any atom is 0.330 e. The number of hydrogen-bond acceptors (Lipinski definition) is 5. The quantitative estimate of drug-likeness (QED) is 0.639. The molecule has 7 nitrogen and oxygen atoms in total. The molecule has 0 spiro atoms. The van der Waals surface area contributed by atoms with Crippen LogP contribution < -0.4 is 21.9 Å². The summed E-state index contributed by atoms with van der Waals surface area (Å²) >= 11 is 1.39. The molecule has 8 heteroatoms. The number of unbranched alkanes of at least 4 members (excludes halogenated alkanes) is 1. The lowest BCUT2D eigenvalue weighted by atomic mass is 10.2. The van der Waals surface area contributed by atoms with E-state index in [1.54, 1.807) is 16.8 Å². The lowest BCUT2D eigenvalue weighted by Crippen LogP contribution is -2.40. The Labute approximate surface area is 166 Å². The van der Waals surface area contributed by atoms with E-state index in [1.807, 2.05) is 37.3 Å². The van der Waals surface area contributed by atoms with Crippen LogP contribution in [0.25, 0.3) is 0 Å². The van der Waals surface area contributed by atoms with Gasteiger partial charge in [-0.25, -0.2) is 4.79 Å². The van der Waals surface area contributed by atoms with Crippen LogP contribution in [0.2, 0.25) is 0 Å². The molecule has 146 valence electrons. The fraction of sp³-hybridized carbons (Fsp3) is 0.250. The second-order valence-electron chi connectivity index (χ2n) is 6.39. The third-order valence-corrected chi connectivity index (χ3v) is 5.10. The van der Waals surface area contributed by atoms with Crippen molar-refractivity contribution in [1.82, 2.24) is 9.55 Å². The summed E-state index contributed by atoms with van der Waals surface area (Å²) < 4.78 is 1.32. The SMILES string of the molecule is CCCCn1c(N)c(N(Cc2ccccc2)C(=O)c2ccsc2)c(=O)[nH]c1=O. The zero-order chi connectivity index (χ0) is 20.1. The van der Waals surface area contributed by atoms with E-state index < -0.39 is 11.2 Å². The van der Waals surface area contributed by atoms with Crippen molar-refractivity contribution in [1.29, 1.82) is 0 Å². The van der Waals surface area contributed by atoms with E-state index in [0.717, 1.165) is 18.4 Å².